The predicted molar refractivity (Wildman–Crippen MR) is 79.7 cm³/mol. The lowest BCUT2D eigenvalue weighted by Gasteiger charge is -2.07. The van der Waals surface area contributed by atoms with Gasteiger partial charge in [-0.1, -0.05) is 0 Å². The summed E-state index contributed by atoms with van der Waals surface area (Å²) in [7, 11) is 0. The van der Waals surface area contributed by atoms with Crippen LogP contribution in [0.3, 0.4) is 0 Å². The quantitative estimate of drug-likeness (QED) is 0.532. The predicted octanol–water partition coefficient (Wildman–Crippen LogP) is 3.20. The number of nitrogens with zero attached hydrogens (tertiary/aromatic N) is 2. The summed E-state index contributed by atoms with van der Waals surface area (Å²) in [4.78, 5) is 27.3. The van der Waals surface area contributed by atoms with Gasteiger partial charge in [-0.25, -0.2) is 4.98 Å². The molecule has 0 aliphatic rings. The van der Waals surface area contributed by atoms with Crippen molar-refractivity contribution in [2.45, 2.75) is 12.6 Å². The van der Waals surface area contributed by atoms with E-state index in [1.54, 1.807) is 0 Å². The van der Waals surface area contributed by atoms with Gasteiger partial charge in [-0.15, -0.1) is 0 Å². The second kappa shape index (κ2) is 6.82. The van der Waals surface area contributed by atoms with Crippen molar-refractivity contribution in [2.24, 2.45) is 0 Å². The fraction of sp³-hybridized carbons (Fsp3) is 0.125. The number of rotatable bonds is 6. The molecule has 0 unspecified atom stereocenters. The van der Waals surface area contributed by atoms with Gasteiger partial charge in [-0.05, 0) is 24.3 Å². The second-order valence-electron chi connectivity index (χ2n) is 5.16. The minimum atomic E-state index is -4.44. The highest BCUT2D eigenvalue weighted by Gasteiger charge is 2.30. The molecule has 0 bridgehead atoms. The fourth-order valence-corrected chi connectivity index (χ4v) is 2.04. The van der Waals surface area contributed by atoms with E-state index in [0.29, 0.717) is 5.56 Å². The molecular formula is C16H10F3N3O4. The fourth-order valence-electron chi connectivity index (χ4n) is 2.04. The first kappa shape index (κ1) is 17.4. The Bertz CT molecular complexity index is 915. The van der Waals surface area contributed by atoms with Crippen molar-refractivity contribution in [2.75, 3.05) is 0 Å². The monoisotopic (exact) mass is 365 g/mol. The van der Waals surface area contributed by atoms with Gasteiger partial charge in [-0.2, -0.15) is 18.3 Å². The van der Waals surface area contributed by atoms with Gasteiger partial charge in [-0.3, -0.25) is 14.7 Å². The van der Waals surface area contributed by atoms with E-state index in [4.69, 9.17) is 9.15 Å². The molecule has 2 heterocycles. The molecule has 1 aromatic carbocycles. The van der Waals surface area contributed by atoms with Gasteiger partial charge in [0.2, 0.25) is 5.78 Å². The van der Waals surface area contributed by atoms with Gasteiger partial charge in [0.1, 0.15) is 12.1 Å². The Hall–Kier alpha value is -3.43. The van der Waals surface area contributed by atoms with E-state index >= 15 is 0 Å². The molecule has 0 amide bonds. The summed E-state index contributed by atoms with van der Waals surface area (Å²) in [6, 6.07) is 5.40. The molecule has 2 aromatic heterocycles. The second-order valence-corrected chi connectivity index (χ2v) is 5.16. The lowest BCUT2D eigenvalue weighted by atomic mass is 10.1. The van der Waals surface area contributed by atoms with E-state index < -0.39 is 23.3 Å². The van der Waals surface area contributed by atoms with Gasteiger partial charge in [0.25, 0.3) is 11.7 Å². The highest BCUT2D eigenvalue weighted by atomic mass is 19.4. The summed E-state index contributed by atoms with van der Waals surface area (Å²) in [6.07, 6.45) is -2.37. The highest BCUT2D eigenvalue weighted by molar-refractivity contribution is 6.43. The van der Waals surface area contributed by atoms with Crippen molar-refractivity contribution < 1.29 is 31.9 Å². The number of carbonyl (C=O) groups is 2. The molecule has 0 saturated carbocycles. The molecule has 10 heteroatoms. The maximum atomic E-state index is 12.5. The van der Waals surface area contributed by atoms with Crippen LogP contribution < -0.4 is 4.74 Å². The van der Waals surface area contributed by atoms with Gasteiger partial charge >= 0.3 is 6.18 Å². The lowest BCUT2D eigenvalue weighted by Crippen LogP contribution is -2.17. The molecule has 0 fully saturated rings. The number of hydrogen-bond donors (Lipinski definition) is 1. The minimum absolute atomic E-state index is 0.0281. The van der Waals surface area contributed by atoms with E-state index in [0.717, 1.165) is 30.6 Å². The Kier molecular flexibility index (Phi) is 4.57. The molecule has 0 aliphatic heterocycles. The maximum absolute atomic E-state index is 12.5. The van der Waals surface area contributed by atoms with Gasteiger partial charge < -0.3 is 9.15 Å². The molecule has 0 radical (unpaired) electrons. The summed E-state index contributed by atoms with van der Waals surface area (Å²) in [5.41, 5.74) is -0.439. The highest BCUT2D eigenvalue weighted by Crippen LogP contribution is 2.31. The number of ketones is 2. The first-order valence-corrected chi connectivity index (χ1v) is 7.18. The molecule has 0 aliphatic carbocycles. The Balaban J connectivity index is 1.63. The van der Waals surface area contributed by atoms with Crippen molar-refractivity contribution in [1.29, 1.82) is 0 Å². The molecule has 3 rings (SSSR count). The average Bonchev–Trinajstić information content (AvgIpc) is 3.26. The standard InChI is InChI=1S/C16H10F3N3O4/c17-16(18,19)10-1-3-11(4-2-10)26-13-6-9(7-25-13)5-12(23)14(24)15-20-8-21-22-15/h1-4,6-8H,5H2,(H,20,21,22). The van der Waals surface area contributed by atoms with Crippen molar-refractivity contribution >= 4 is 11.6 Å². The van der Waals surface area contributed by atoms with Crippen molar-refractivity contribution in [3.05, 3.63) is 59.9 Å². The molecule has 0 atom stereocenters. The van der Waals surface area contributed by atoms with E-state index in [1.165, 1.54) is 12.3 Å². The smallest absolute Gasteiger partial charge is 0.416 e. The van der Waals surface area contributed by atoms with Crippen LogP contribution in [-0.4, -0.2) is 26.7 Å². The number of furan rings is 1. The third-order valence-electron chi connectivity index (χ3n) is 3.28. The Morgan fingerprint density at radius 2 is 1.92 bits per heavy atom. The Morgan fingerprint density at radius 1 is 1.19 bits per heavy atom. The lowest BCUT2D eigenvalue weighted by molar-refractivity contribution is -0.137. The van der Waals surface area contributed by atoms with Gasteiger partial charge in [0.15, 0.2) is 5.82 Å². The summed E-state index contributed by atoms with van der Waals surface area (Å²) in [6.45, 7) is 0. The minimum Gasteiger partial charge on any atom is -0.434 e. The number of Topliss-reactive ketones (excluding diaryl/α,β-unsaturated/α-hetero) is 2. The Labute approximate surface area is 143 Å². The maximum Gasteiger partial charge on any atom is 0.416 e. The number of carbonyl (C=O) groups excluding carboxylic acids is 2. The van der Waals surface area contributed by atoms with Gasteiger partial charge in [0.05, 0.1) is 11.8 Å². The molecule has 0 saturated heterocycles. The molecule has 7 nitrogen and oxygen atoms in total. The van der Waals surface area contributed by atoms with Crippen LogP contribution in [0.25, 0.3) is 0 Å². The zero-order valence-corrected chi connectivity index (χ0v) is 12.9. The topological polar surface area (TPSA) is 98.1 Å². The van der Waals surface area contributed by atoms with Crippen molar-refractivity contribution in [3.8, 4) is 11.7 Å². The molecule has 0 spiro atoms. The van der Waals surface area contributed by atoms with Crippen molar-refractivity contribution in [3.63, 3.8) is 0 Å². The van der Waals surface area contributed by atoms with E-state index in [9.17, 15) is 22.8 Å². The Morgan fingerprint density at radius 3 is 2.54 bits per heavy atom. The number of aromatic amines is 1. The normalized spacial score (nSPS) is 11.3. The first-order chi connectivity index (χ1) is 12.3. The number of ether oxygens (including phenoxy) is 1. The molecule has 26 heavy (non-hydrogen) atoms. The number of H-pyrrole nitrogens is 1. The molecule has 1 N–H and O–H groups in total. The summed E-state index contributed by atoms with van der Waals surface area (Å²) in [5.74, 6) is -1.63. The van der Waals surface area contributed by atoms with E-state index in [2.05, 4.69) is 15.2 Å². The zero-order chi connectivity index (χ0) is 18.7. The number of halogens is 3. The number of benzene rings is 1. The van der Waals surface area contributed by atoms with Crippen LogP contribution in [0.15, 0.2) is 47.3 Å². The summed E-state index contributed by atoms with van der Waals surface area (Å²) < 4.78 is 47.9. The molecule has 3 aromatic rings. The molecule has 134 valence electrons. The third kappa shape index (κ3) is 3.97. The van der Waals surface area contributed by atoms with Crippen LogP contribution in [0.1, 0.15) is 21.7 Å². The van der Waals surface area contributed by atoms with Crippen LogP contribution in [0.4, 0.5) is 13.2 Å². The summed E-state index contributed by atoms with van der Waals surface area (Å²) >= 11 is 0. The van der Waals surface area contributed by atoms with Crippen LogP contribution in [0.5, 0.6) is 11.7 Å². The summed E-state index contributed by atoms with van der Waals surface area (Å²) in [5, 5.41) is 5.78. The van der Waals surface area contributed by atoms with Crippen LogP contribution in [-0.2, 0) is 17.4 Å². The molecular weight excluding hydrogens is 355 g/mol. The number of nitrogens with one attached hydrogen (secondary N) is 1. The van der Waals surface area contributed by atoms with Crippen molar-refractivity contribution in [1.82, 2.24) is 15.2 Å². The number of aromatic nitrogens is 3. The zero-order valence-electron chi connectivity index (χ0n) is 12.9. The van der Waals surface area contributed by atoms with Crippen LogP contribution >= 0.6 is 0 Å². The number of alkyl halides is 3. The van der Waals surface area contributed by atoms with E-state index in [1.807, 2.05) is 0 Å². The SMILES string of the molecule is O=C(Cc1coc(Oc2ccc(C(F)(F)F)cc2)c1)C(=O)c1ncn[nH]1. The van der Waals surface area contributed by atoms with Crippen LogP contribution in [0, 0.1) is 0 Å². The average molecular weight is 365 g/mol. The third-order valence-corrected chi connectivity index (χ3v) is 3.28. The van der Waals surface area contributed by atoms with Gasteiger partial charge in [0, 0.05) is 18.1 Å². The number of hydrogen-bond acceptors (Lipinski definition) is 6. The first-order valence-electron chi connectivity index (χ1n) is 7.18. The van der Waals surface area contributed by atoms with Crippen LogP contribution in [0.2, 0.25) is 0 Å². The largest absolute Gasteiger partial charge is 0.434 e. The van der Waals surface area contributed by atoms with E-state index in [-0.39, 0.29) is 23.9 Å².